The summed E-state index contributed by atoms with van der Waals surface area (Å²) >= 11 is 0. The van der Waals surface area contributed by atoms with Gasteiger partial charge in [0.05, 0.1) is 5.69 Å². The largest absolute Gasteiger partial charge is 0.273 e. The molecule has 0 aliphatic carbocycles. The summed E-state index contributed by atoms with van der Waals surface area (Å²) < 4.78 is 3.64. The fraction of sp³-hybridized carbons (Fsp3) is 0.200. The molecule has 106 valence electrons. The number of amides is 1. The second kappa shape index (κ2) is 4.97. The summed E-state index contributed by atoms with van der Waals surface area (Å²) in [5.41, 5.74) is 3.05. The third-order valence-electron chi connectivity index (χ3n) is 3.07. The molecule has 2 heterocycles. The van der Waals surface area contributed by atoms with E-state index < -0.39 is 0 Å². The number of fused-ring (bicyclic) bond motifs is 1. The summed E-state index contributed by atoms with van der Waals surface area (Å²) in [6.45, 7) is 5.29. The van der Waals surface area contributed by atoms with Gasteiger partial charge in [-0.3, -0.25) is 4.79 Å². The third-order valence-corrected chi connectivity index (χ3v) is 3.07. The van der Waals surface area contributed by atoms with E-state index >= 15 is 0 Å². The Balaban J connectivity index is 2.47. The van der Waals surface area contributed by atoms with Crippen LogP contribution < -0.4 is 5.62 Å². The minimum absolute atomic E-state index is 0.294. The number of rotatable bonds is 1. The summed E-state index contributed by atoms with van der Waals surface area (Å²) in [5.74, 6) is 0.230. The van der Waals surface area contributed by atoms with Crippen LogP contribution in [0.15, 0.2) is 41.4 Å². The van der Waals surface area contributed by atoms with Gasteiger partial charge >= 0.3 is 0 Å². The lowest BCUT2D eigenvalue weighted by atomic mass is 10.3. The molecule has 6 nitrogen and oxygen atoms in total. The molecule has 21 heavy (non-hydrogen) atoms. The molecule has 6 heteroatoms. The van der Waals surface area contributed by atoms with E-state index in [1.165, 1.54) is 6.92 Å². The molecule has 0 spiro atoms. The SMILES string of the molecule is CC(=O)N=c1nc2nc(C)cc(C)n2n1-c1ccccc1. The van der Waals surface area contributed by atoms with Crippen molar-refractivity contribution in [1.82, 2.24) is 19.2 Å². The van der Waals surface area contributed by atoms with Crippen LogP contribution in [0.2, 0.25) is 0 Å². The van der Waals surface area contributed by atoms with Crippen LogP contribution in [0.4, 0.5) is 0 Å². The van der Waals surface area contributed by atoms with Gasteiger partial charge in [-0.1, -0.05) is 18.2 Å². The smallest absolute Gasteiger partial charge is 0.256 e. The molecule has 0 unspecified atom stereocenters. The van der Waals surface area contributed by atoms with Crippen LogP contribution >= 0.6 is 0 Å². The summed E-state index contributed by atoms with van der Waals surface area (Å²) in [4.78, 5) is 24.2. The van der Waals surface area contributed by atoms with Crippen molar-refractivity contribution >= 4 is 11.7 Å². The maximum Gasteiger partial charge on any atom is 0.256 e. The number of hydrogen-bond acceptors (Lipinski definition) is 3. The van der Waals surface area contributed by atoms with E-state index in [1.54, 1.807) is 4.68 Å². The molecule has 0 aliphatic rings. The zero-order valence-electron chi connectivity index (χ0n) is 12.1. The molecule has 3 aromatic rings. The molecule has 1 amide bonds. The molecule has 0 radical (unpaired) electrons. The number of carbonyl (C=O) groups excluding carboxylic acids is 1. The Bertz CT molecular complexity index is 890. The van der Waals surface area contributed by atoms with Crippen LogP contribution in [0.25, 0.3) is 11.5 Å². The molecule has 0 saturated heterocycles. The van der Waals surface area contributed by atoms with Crippen molar-refractivity contribution in [3.8, 4) is 5.69 Å². The maximum absolute atomic E-state index is 11.4. The quantitative estimate of drug-likeness (QED) is 0.680. The zero-order chi connectivity index (χ0) is 15.0. The second-order valence-corrected chi connectivity index (χ2v) is 4.84. The van der Waals surface area contributed by atoms with E-state index in [-0.39, 0.29) is 5.91 Å². The Morgan fingerprint density at radius 3 is 2.52 bits per heavy atom. The normalized spacial score (nSPS) is 12.0. The highest BCUT2D eigenvalue weighted by molar-refractivity contribution is 5.73. The minimum atomic E-state index is -0.294. The first-order chi connectivity index (χ1) is 10.1. The Labute approximate surface area is 121 Å². The number of para-hydroxylation sites is 1. The van der Waals surface area contributed by atoms with Crippen molar-refractivity contribution in [3.63, 3.8) is 0 Å². The minimum Gasteiger partial charge on any atom is -0.273 e. The Morgan fingerprint density at radius 1 is 1.14 bits per heavy atom. The Kier molecular flexibility index (Phi) is 3.13. The number of benzene rings is 1. The topological polar surface area (TPSA) is 64.6 Å². The summed E-state index contributed by atoms with van der Waals surface area (Å²) in [7, 11) is 0. The maximum atomic E-state index is 11.4. The number of carbonyl (C=O) groups is 1. The molecule has 0 atom stereocenters. The van der Waals surface area contributed by atoms with E-state index in [1.807, 2.05) is 54.8 Å². The molecule has 0 fully saturated rings. The summed E-state index contributed by atoms with van der Waals surface area (Å²) in [6, 6.07) is 11.6. The predicted molar refractivity (Wildman–Crippen MR) is 78.0 cm³/mol. The molecule has 0 aliphatic heterocycles. The molecule has 1 aromatic carbocycles. The van der Waals surface area contributed by atoms with Crippen LogP contribution in [0.1, 0.15) is 18.3 Å². The molecular formula is C15H15N5O. The number of aryl methyl sites for hydroxylation is 2. The van der Waals surface area contributed by atoms with Crippen LogP contribution in [0.3, 0.4) is 0 Å². The third kappa shape index (κ3) is 2.35. The van der Waals surface area contributed by atoms with Gasteiger partial charge in [-0.05, 0) is 32.0 Å². The summed E-state index contributed by atoms with van der Waals surface area (Å²) in [5, 5.41) is 0. The van der Waals surface area contributed by atoms with Crippen molar-refractivity contribution in [2.45, 2.75) is 20.8 Å². The lowest BCUT2D eigenvalue weighted by Crippen LogP contribution is -2.22. The van der Waals surface area contributed by atoms with Crippen LogP contribution in [0, 0.1) is 13.8 Å². The molecule has 0 bridgehead atoms. The molecule has 0 N–H and O–H groups in total. The lowest BCUT2D eigenvalue weighted by molar-refractivity contribution is -0.116. The highest BCUT2D eigenvalue weighted by Gasteiger charge is 2.11. The highest BCUT2D eigenvalue weighted by atomic mass is 16.1. The van der Waals surface area contributed by atoms with E-state index in [9.17, 15) is 4.79 Å². The highest BCUT2D eigenvalue weighted by Crippen LogP contribution is 2.09. The van der Waals surface area contributed by atoms with Crippen LogP contribution in [0.5, 0.6) is 0 Å². The fourth-order valence-electron chi connectivity index (χ4n) is 2.32. The van der Waals surface area contributed by atoms with E-state index in [0.717, 1.165) is 17.1 Å². The van der Waals surface area contributed by atoms with E-state index in [4.69, 9.17) is 0 Å². The van der Waals surface area contributed by atoms with E-state index in [0.29, 0.717) is 11.4 Å². The van der Waals surface area contributed by atoms with Crippen molar-refractivity contribution in [3.05, 3.63) is 53.4 Å². The average Bonchev–Trinajstić information content (AvgIpc) is 2.77. The van der Waals surface area contributed by atoms with Gasteiger partial charge in [-0.15, -0.1) is 0 Å². The van der Waals surface area contributed by atoms with Crippen molar-refractivity contribution in [2.24, 2.45) is 4.99 Å². The zero-order valence-corrected chi connectivity index (χ0v) is 12.1. The fourth-order valence-corrected chi connectivity index (χ4v) is 2.32. The van der Waals surface area contributed by atoms with Crippen molar-refractivity contribution in [1.29, 1.82) is 0 Å². The van der Waals surface area contributed by atoms with Gasteiger partial charge in [-0.2, -0.15) is 9.98 Å². The van der Waals surface area contributed by atoms with Gasteiger partial charge < -0.3 is 0 Å². The van der Waals surface area contributed by atoms with Crippen LogP contribution in [-0.4, -0.2) is 25.1 Å². The first kappa shape index (κ1) is 13.2. The van der Waals surface area contributed by atoms with Gasteiger partial charge in [0.15, 0.2) is 0 Å². The van der Waals surface area contributed by atoms with Gasteiger partial charge in [-0.25, -0.2) is 14.2 Å². The van der Waals surface area contributed by atoms with Gasteiger partial charge in [0.2, 0.25) is 5.91 Å². The molecule has 3 rings (SSSR count). The lowest BCUT2D eigenvalue weighted by Gasteiger charge is -2.08. The number of aromatic nitrogens is 4. The van der Waals surface area contributed by atoms with Crippen molar-refractivity contribution in [2.75, 3.05) is 0 Å². The number of hydrogen-bond donors (Lipinski definition) is 0. The standard InChI is InChI=1S/C15H15N5O/c1-10-9-11(2)19-14(16-10)18-15(17-12(3)21)20(19)13-7-5-4-6-8-13/h4-9H,1-3H3. The number of nitrogens with zero attached hydrogens (tertiary/aromatic N) is 5. The molecule has 0 saturated carbocycles. The first-order valence-electron chi connectivity index (χ1n) is 6.63. The first-order valence-corrected chi connectivity index (χ1v) is 6.63. The van der Waals surface area contributed by atoms with Gasteiger partial charge in [0.1, 0.15) is 0 Å². The molecule has 2 aromatic heterocycles. The van der Waals surface area contributed by atoms with Gasteiger partial charge in [0.25, 0.3) is 11.4 Å². The monoisotopic (exact) mass is 281 g/mol. The van der Waals surface area contributed by atoms with E-state index in [2.05, 4.69) is 15.0 Å². The predicted octanol–water partition coefficient (Wildman–Crippen LogP) is 1.58. The van der Waals surface area contributed by atoms with Crippen LogP contribution in [-0.2, 0) is 4.79 Å². The second-order valence-electron chi connectivity index (χ2n) is 4.84. The van der Waals surface area contributed by atoms with Crippen molar-refractivity contribution < 1.29 is 4.79 Å². The average molecular weight is 281 g/mol. The molecular weight excluding hydrogens is 266 g/mol. The Hall–Kier alpha value is -2.76. The summed E-state index contributed by atoms with van der Waals surface area (Å²) in [6.07, 6.45) is 0. The van der Waals surface area contributed by atoms with Gasteiger partial charge in [0, 0.05) is 18.3 Å². The Morgan fingerprint density at radius 2 is 1.86 bits per heavy atom.